The van der Waals surface area contributed by atoms with E-state index >= 15 is 0 Å². The average molecular weight is 379 g/mol. The van der Waals surface area contributed by atoms with Crippen molar-refractivity contribution in [1.29, 1.82) is 0 Å². The molecule has 2 N–H and O–H groups in total. The second kappa shape index (κ2) is 6.70. The third-order valence-corrected chi connectivity index (χ3v) is 5.93. The molecule has 8 nitrogen and oxygen atoms in total. The van der Waals surface area contributed by atoms with Crippen molar-refractivity contribution in [1.82, 2.24) is 35.4 Å². The molecule has 5 rings (SSSR count). The van der Waals surface area contributed by atoms with Crippen LogP contribution in [0.2, 0.25) is 0 Å². The van der Waals surface area contributed by atoms with Gasteiger partial charge in [-0.2, -0.15) is 5.21 Å². The van der Waals surface area contributed by atoms with Gasteiger partial charge in [-0.05, 0) is 43.7 Å². The molecule has 1 aliphatic carbocycles. The third-order valence-electron chi connectivity index (χ3n) is 5.93. The SMILES string of the molecule is CC(CN(C(=O)c1ccc2[nH]c3c(c2c1)CN(C)CC3)C1CC1)c1nn[nH]n1. The third kappa shape index (κ3) is 3.07. The number of benzene rings is 1. The first-order valence-electron chi connectivity index (χ1n) is 9.96. The summed E-state index contributed by atoms with van der Waals surface area (Å²) in [5.74, 6) is 0.788. The standard InChI is InChI=1S/C20H25N7O/c1-12(19-22-24-25-23-19)10-27(14-4-5-14)20(28)13-3-6-17-15(9-13)16-11-26(2)8-7-18(16)21-17/h3,6,9,12,14,21H,4-5,7-8,10-11H2,1-2H3,(H,22,23,24,25). The number of nitrogens with one attached hydrogen (secondary N) is 2. The molecule has 1 atom stereocenters. The molecule has 0 bridgehead atoms. The molecule has 2 aliphatic rings. The molecule has 1 saturated carbocycles. The van der Waals surface area contributed by atoms with Crippen molar-refractivity contribution in [3.05, 3.63) is 40.8 Å². The molecule has 3 heterocycles. The molecule has 0 spiro atoms. The minimum absolute atomic E-state index is 0.0423. The van der Waals surface area contributed by atoms with Crippen molar-refractivity contribution in [2.24, 2.45) is 0 Å². The van der Waals surface area contributed by atoms with Gasteiger partial charge in [-0.25, -0.2) is 0 Å². The molecular formula is C20H25N7O. The van der Waals surface area contributed by atoms with Gasteiger partial charge in [-0.3, -0.25) is 4.79 Å². The monoisotopic (exact) mass is 379 g/mol. The zero-order valence-electron chi connectivity index (χ0n) is 16.3. The average Bonchev–Trinajstić information content (AvgIpc) is 3.25. The Labute approximate surface area is 163 Å². The predicted molar refractivity (Wildman–Crippen MR) is 105 cm³/mol. The summed E-state index contributed by atoms with van der Waals surface area (Å²) < 4.78 is 0. The minimum atomic E-state index is 0.0423. The maximum Gasteiger partial charge on any atom is 0.254 e. The highest BCUT2D eigenvalue weighted by molar-refractivity contribution is 5.99. The van der Waals surface area contributed by atoms with E-state index in [1.165, 1.54) is 16.6 Å². The first-order valence-corrected chi connectivity index (χ1v) is 9.96. The number of aromatic amines is 2. The number of likely N-dealkylation sites (N-methyl/N-ethyl adjacent to an activating group) is 1. The summed E-state index contributed by atoms with van der Waals surface area (Å²) in [5, 5.41) is 15.5. The van der Waals surface area contributed by atoms with Crippen LogP contribution in [0.4, 0.5) is 0 Å². The molecular weight excluding hydrogens is 354 g/mol. The summed E-state index contributed by atoms with van der Waals surface area (Å²) in [7, 11) is 2.14. The molecule has 1 aromatic carbocycles. The summed E-state index contributed by atoms with van der Waals surface area (Å²) in [6.07, 6.45) is 3.16. The quantitative estimate of drug-likeness (QED) is 0.708. The molecule has 28 heavy (non-hydrogen) atoms. The molecule has 1 aliphatic heterocycles. The number of amides is 1. The first-order chi connectivity index (χ1) is 13.6. The number of nitrogens with zero attached hydrogens (tertiary/aromatic N) is 5. The Morgan fingerprint density at radius 1 is 1.39 bits per heavy atom. The molecule has 1 fully saturated rings. The summed E-state index contributed by atoms with van der Waals surface area (Å²) >= 11 is 0. The minimum Gasteiger partial charge on any atom is -0.358 e. The fourth-order valence-corrected chi connectivity index (χ4v) is 4.19. The first kappa shape index (κ1) is 17.4. The van der Waals surface area contributed by atoms with Gasteiger partial charge in [0.1, 0.15) is 0 Å². The molecule has 1 amide bonds. The smallest absolute Gasteiger partial charge is 0.254 e. The Morgan fingerprint density at radius 3 is 3.00 bits per heavy atom. The van der Waals surface area contributed by atoms with Crippen molar-refractivity contribution in [2.45, 2.75) is 44.7 Å². The van der Waals surface area contributed by atoms with Gasteiger partial charge in [0, 0.05) is 60.2 Å². The summed E-state index contributed by atoms with van der Waals surface area (Å²) in [6.45, 7) is 4.63. The van der Waals surface area contributed by atoms with Crippen LogP contribution in [0.25, 0.3) is 10.9 Å². The Morgan fingerprint density at radius 2 is 2.25 bits per heavy atom. The second-order valence-corrected chi connectivity index (χ2v) is 8.19. The number of aromatic nitrogens is 5. The van der Waals surface area contributed by atoms with E-state index in [1.807, 2.05) is 17.9 Å². The van der Waals surface area contributed by atoms with Crippen molar-refractivity contribution in [2.75, 3.05) is 20.1 Å². The fraction of sp³-hybridized carbons (Fsp3) is 0.500. The van der Waals surface area contributed by atoms with Crippen LogP contribution in [0.1, 0.15) is 53.1 Å². The van der Waals surface area contributed by atoms with E-state index in [0.717, 1.165) is 43.4 Å². The predicted octanol–water partition coefficient (Wildman–Crippen LogP) is 2.08. The van der Waals surface area contributed by atoms with Crippen LogP contribution in [0.3, 0.4) is 0 Å². The number of H-pyrrole nitrogens is 2. The Bertz CT molecular complexity index is 1010. The van der Waals surface area contributed by atoms with Gasteiger partial charge >= 0.3 is 0 Å². The van der Waals surface area contributed by atoms with Crippen LogP contribution in [0, 0.1) is 0 Å². The van der Waals surface area contributed by atoms with Gasteiger partial charge in [0.15, 0.2) is 5.82 Å². The van der Waals surface area contributed by atoms with Crippen molar-refractivity contribution >= 4 is 16.8 Å². The summed E-state index contributed by atoms with van der Waals surface area (Å²) in [6, 6.07) is 6.39. The molecule has 2 aromatic heterocycles. The number of rotatable bonds is 5. The molecule has 0 radical (unpaired) electrons. The van der Waals surface area contributed by atoms with Crippen LogP contribution in [0.5, 0.6) is 0 Å². The maximum absolute atomic E-state index is 13.4. The van der Waals surface area contributed by atoms with Crippen molar-refractivity contribution in [3.8, 4) is 0 Å². The lowest BCUT2D eigenvalue weighted by Crippen LogP contribution is -2.36. The van der Waals surface area contributed by atoms with E-state index < -0.39 is 0 Å². The number of hydrogen-bond acceptors (Lipinski definition) is 5. The normalized spacial score (nSPS) is 18.2. The van der Waals surface area contributed by atoms with Gasteiger partial charge in [0.05, 0.1) is 0 Å². The molecule has 146 valence electrons. The van der Waals surface area contributed by atoms with E-state index in [9.17, 15) is 4.79 Å². The van der Waals surface area contributed by atoms with Crippen molar-refractivity contribution < 1.29 is 4.79 Å². The van der Waals surface area contributed by atoms with E-state index in [1.54, 1.807) is 0 Å². The summed E-state index contributed by atoms with van der Waals surface area (Å²) in [4.78, 5) is 21.2. The number of fused-ring (bicyclic) bond motifs is 3. The van der Waals surface area contributed by atoms with Crippen LogP contribution in [-0.2, 0) is 13.0 Å². The maximum atomic E-state index is 13.4. The van der Waals surface area contributed by atoms with E-state index in [-0.39, 0.29) is 11.8 Å². The van der Waals surface area contributed by atoms with Crippen molar-refractivity contribution in [3.63, 3.8) is 0 Å². The molecule has 0 saturated heterocycles. The van der Waals surface area contributed by atoms with Gasteiger partial charge < -0.3 is 14.8 Å². The Balaban J connectivity index is 1.44. The number of carbonyl (C=O) groups excluding carboxylic acids is 1. The lowest BCUT2D eigenvalue weighted by molar-refractivity contribution is 0.0733. The van der Waals surface area contributed by atoms with Crippen LogP contribution in [0.15, 0.2) is 18.2 Å². The Hall–Kier alpha value is -2.74. The zero-order valence-corrected chi connectivity index (χ0v) is 16.3. The highest BCUT2D eigenvalue weighted by atomic mass is 16.2. The van der Waals surface area contributed by atoms with Crippen LogP contribution >= 0.6 is 0 Å². The zero-order chi connectivity index (χ0) is 19.3. The van der Waals surface area contributed by atoms with Gasteiger partial charge in [-0.15, -0.1) is 10.2 Å². The molecule has 1 unspecified atom stereocenters. The number of hydrogen-bond donors (Lipinski definition) is 2. The lowest BCUT2D eigenvalue weighted by Gasteiger charge is -2.25. The molecule has 8 heteroatoms. The topological polar surface area (TPSA) is 93.8 Å². The van der Waals surface area contributed by atoms with E-state index in [4.69, 9.17) is 0 Å². The second-order valence-electron chi connectivity index (χ2n) is 8.19. The van der Waals surface area contributed by atoms with E-state index in [0.29, 0.717) is 18.4 Å². The summed E-state index contributed by atoms with van der Waals surface area (Å²) in [5.41, 5.74) is 4.52. The van der Waals surface area contributed by atoms with Gasteiger partial charge in [-0.1, -0.05) is 12.1 Å². The molecule has 3 aromatic rings. The lowest BCUT2D eigenvalue weighted by atomic mass is 10.0. The number of carbonyl (C=O) groups is 1. The fourth-order valence-electron chi connectivity index (χ4n) is 4.19. The Kier molecular flexibility index (Phi) is 4.16. The van der Waals surface area contributed by atoms with Crippen LogP contribution in [-0.4, -0.2) is 67.5 Å². The van der Waals surface area contributed by atoms with Crippen LogP contribution < -0.4 is 0 Å². The van der Waals surface area contributed by atoms with Gasteiger partial charge in [0.2, 0.25) is 0 Å². The highest BCUT2D eigenvalue weighted by Crippen LogP contribution is 2.32. The largest absolute Gasteiger partial charge is 0.358 e. The van der Waals surface area contributed by atoms with Gasteiger partial charge in [0.25, 0.3) is 5.91 Å². The highest BCUT2D eigenvalue weighted by Gasteiger charge is 2.35. The number of tetrazole rings is 1. The van der Waals surface area contributed by atoms with E-state index in [2.05, 4.69) is 49.7 Å².